The van der Waals surface area contributed by atoms with Crippen molar-refractivity contribution in [3.8, 4) is 6.07 Å². The number of fused-ring (bicyclic) bond motifs is 1. The first-order valence-corrected chi connectivity index (χ1v) is 6.70. The Morgan fingerprint density at radius 1 is 1.14 bits per heavy atom. The van der Waals surface area contributed by atoms with Crippen LogP contribution in [0.1, 0.15) is 17.5 Å². The highest BCUT2D eigenvalue weighted by molar-refractivity contribution is 5.67. The monoisotopic (exact) mass is 285 g/mol. The molecule has 0 spiro atoms. The molecule has 0 fully saturated rings. The van der Waals surface area contributed by atoms with E-state index in [2.05, 4.69) is 10.6 Å². The number of anilines is 3. The first-order valence-electron chi connectivity index (χ1n) is 6.70. The molecule has 0 radical (unpaired) electrons. The molecule has 1 heterocycles. The zero-order valence-electron chi connectivity index (χ0n) is 11.2. The molecular weight excluding hydrogens is 272 g/mol. The molecule has 2 N–H and O–H groups in total. The maximum absolute atomic E-state index is 13.9. The number of hydrogen-bond donors (Lipinski definition) is 2. The number of hydrogen-bond acceptors (Lipinski definition) is 3. The third-order valence-electron chi connectivity index (χ3n) is 3.48. The average Bonchev–Trinajstić information content (AvgIpc) is 2.50. The molecule has 21 heavy (non-hydrogen) atoms. The lowest BCUT2D eigenvalue weighted by atomic mass is 10.0. The number of nitrogens with zero attached hydrogens (tertiary/aromatic N) is 1. The average molecular weight is 285 g/mol. The fraction of sp³-hybridized carbons (Fsp3) is 0.188. The maximum atomic E-state index is 13.9. The zero-order chi connectivity index (χ0) is 14.8. The maximum Gasteiger partial charge on any atom is 0.150 e. The van der Waals surface area contributed by atoms with Crippen molar-refractivity contribution >= 4 is 17.1 Å². The fourth-order valence-electron chi connectivity index (χ4n) is 2.45. The van der Waals surface area contributed by atoms with Crippen molar-refractivity contribution in [2.75, 3.05) is 17.2 Å². The van der Waals surface area contributed by atoms with Crippen LogP contribution >= 0.6 is 0 Å². The lowest BCUT2D eigenvalue weighted by Crippen LogP contribution is -2.11. The summed E-state index contributed by atoms with van der Waals surface area (Å²) in [6.07, 6.45) is 1.98. The van der Waals surface area contributed by atoms with Crippen LogP contribution in [0.2, 0.25) is 0 Å². The molecule has 3 nitrogen and oxygen atoms in total. The molecular formula is C16H13F2N3. The summed E-state index contributed by atoms with van der Waals surface area (Å²) in [6.45, 7) is 0.943. The first kappa shape index (κ1) is 13.4. The van der Waals surface area contributed by atoms with Crippen LogP contribution in [-0.2, 0) is 6.42 Å². The van der Waals surface area contributed by atoms with Gasteiger partial charge in [0.1, 0.15) is 5.69 Å². The van der Waals surface area contributed by atoms with Crippen LogP contribution < -0.4 is 10.6 Å². The molecule has 0 amide bonds. The second-order valence-corrected chi connectivity index (χ2v) is 4.95. The molecule has 0 unspecified atom stereocenters. The largest absolute Gasteiger partial charge is 0.385 e. The summed E-state index contributed by atoms with van der Waals surface area (Å²) in [4.78, 5) is 0. The predicted molar refractivity (Wildman–Crippen MR) is 77.6 cm³/mol. The number of halogens is 2. The Labute approximate surface area is 121 Å². The molecule has 1 aliphatic heterocycles. The summed E-state index contributed by atoms with van der Waals surface area (Å²) in [7, 11) is 0. The number of nitrogens with one attached hydrogen (secondary N) is 2. The molecule has 0 bridgehead atoms. The van der Waals surface area contributed by atoms with Crippen LogP contribution in [0.25, 0.3) is 0 Å². The lowest BCUT2D eigenvalue weighted by Gasteiger charge is -2.19. The van der Waals surface area contributed by atoms with Gasteiger partial charge in [0.25, 0.3) is 0 Å². The Morgan fingerprint density at radius 3 is 2.62 bits per heavy atom. The molecule has 5 heteroatoms. The summed E-state index contributed by atoms with van der Waals surface area (Å²) in [5.41, 5.74) is 2.54. The minimum Gasteiger partial charge on any atom is -0.385 e. The van der Waals surface area contributed by atoms with E-state index >= 15 is 0 Å². The van der Waals surface area contributed by atoms with Gasteiger partial charge in [0.15, 0.2) is 11.6 Å². The van der Waals surface area contributed by atoms with Crippen molar-refractivity contribution in [3.63, 3.8) is 0 Å². The summed E-state index contributed by atoms with van der Waals surface area (Å²) in [5.74, 6) is -1.55. The summed E-state index contributed by atoms with van der Waals surface area (Å²) >= 11 is 0. The molecule has 0 atom stereocenters. The zero-order valence-corrected chi connectivity index (χ0v) is 11.2. The van der Waals surface area contributed by atoms with E-state index in [9.17, 15) is 8.78 Å². The van der Waals surface area contributed by atoms with E-state index in [4.69, 9.17) is 5.26 Å². The first-order chi connectivity index (χ1) is 10.2. The van der Waals surface area contributed by atoms with Crippen molar-refractivity contribution in [1.29, 1.82) is 5.26 Å². The van der Waals surface area contributed by atoms with Crippen molar-refractivity contribution in [3.05, 3.63) is 53.1 Å². The minimum absolute atomic E-state index is 0.0369. The third kappa shape index (κ3) is 2.65. The van der Waals surface area contributed by atoms with Gasteiger partial charge in [-0.1, -0.05) is 0 Å². The summed E-state index contributed by atoms with van der Waals surface area (Å²) < 4.78 is 27.7. The summed E-state index contributed by atoms with van der Waals surface area (Å²) in [5, 5.41) is 14.7. The van der Waals surface area contributed by atoms with Crippen molar-refractivity contribution in [2.24, 2.45) is 0 Å². The van der Waals surface area contributed by atoms with Crippen molar-refractivity contribution < 1.29 is 8.78 Å². The Morgan fingerprint density at radius 2 is 1.90 bits per heavy atom. The molecule has 2 aromatic carbocycles. The third-order valence-corrected chi connectivity index (χ3v) is 3.48. The molecule has 3 rings (SSSR count). The van der Waals surface area contributed by atoms with Crippen LogP contribution in [0, 0.1) is 23.0 Å². The van der Waals surface area contributed by atoms with Gasteiger partial charge >= 0.3 is 0 Å². The van der Waals surface area contributed by atoms with E-state index in [1.54, 1.807) is 12.1 Å². The van der Waals surface area contributed by atoms with Crippen molar-refractivity contribution in [2.45, 2.75) is 12.8 Å². The van der Waals surface area contributed by atoms with E-state index < -0.39 is 11.6 Å². The van der Waals surface area contributed by atoms with Gasteiger partial charge in [-0.15, -0.1) is 0 Å². The van der Waals surface area contributed by atoms with Crippen LogP contribution in [0.5, 0.6) is 0 Å². The van der Waals surface area contributed by atoms with E-state index in [0.717, 1.165) is 42.8 Å². The molecule has 0 saturated carbocycles. The van der Waals surface area contributed by atoms with Crippen LogP contribution in [0.3, 0.4) is 0 Å². The number of benzene rings is 2. The van der Waals surface area contributed by atoms with Gasteiger partial charge in [0.05, 0.1) is 11.6 Å². The highest BCUT2D eigenvalue weighted by atomic mass is 19.1. The molecule has 0 aliphatic carbocycles. The van der Waals surface area contributed by atoms with Gasteiger partial charge in [-0.3, -0.25) is 0 Å². The van der Waals surface area contributed by atoms with Crippen molar-refractivity contribution in [1.82, 2.24) is 0 Å². The van der Waals surface area contributed by atoms with Crippen LogP contribution in [-0.4, -0.2) is 6.54 Å². The van der Waals surface area contributed by atoms with Crippen LogP contribution in [0.15, 0.2) is 30.3 Å². The Bertz CT molecular complexity index is 712. The highest BCUT2D eigenvalue weighted by Gasteiger charge is 2.13. The number of nitriles is 1. The summed E-state index contributed by atoms with van der Waals surface area (Å²) in [6, 6.07) is 9.32. The van der Waals surface area contributed by atoms with Gasteiger partial charge < -0.3 is 10.6 Å². The molecule has 106 valence electrons. The second kappa shape index (κ2) is 5.41. The SMILES string of the molecule is N#Cc1cc(F)c(Nc2ccc3c(c2)CCCN3)c(F)c1. The standard InChI is InChI=1S/C16H13F2N3/c17-13-6-10(9-19)7-14(18)16(13)21-12-3-4-15-11(8-12)2-1-5-20-15/h3-4,6-8,20-21H,1-2,5H2. The predicted octanol–water partition coefficient (Wildman–Crippen LogP) is 3.94. The topological polar surface area (TPSA) is 47.9 Å². The van der Waals surface area contributed by atoms with E-state index in [1.165, 1.54) is 0 Å². The Balaban J connectivity index is 1.92. The number of rotatable bonds is 2. The van der Waals surface area contributed by atoms with Crippen LogP contribution in [0.4, 0.5) is 25.8 Å². The van der Waals surface area contributed by atoms with Gasteiger partial charge in [-0.05, 0) is 48.7 Å². The second-order valence-electron chi connectivity index (χ2n) is 4.95. The quantitative estimate of drug-likeness (QED) is 0.878. The van der Waals surface area contributed by atoms with Gasteiger partial charge in [-0.2, -0.15) is 5.26 Å². The molecule has 1 aliphatic rings. The Hall–Kier alpha value is -2.61. The molecule has 0 saturated heterocycles. The van der Waals surface area contributed by atoms with E-state index in [0.29, 0.717) is 5.69 Å². The van der Waals surface area contributed by atoms with Gasteiger partial charge in [0, 0.05) is 17.9 Å². The normalized spacial score (nSPS) is 13.0. The lowest BCUT2D eigenvalue weighted by molar-refractivity contribution is 0.590. The molecule has 2 aromatic rings. The molecule has 0 aromatic heterocycles. The fourth-order valence-corrected chi connectivity index (χ4v) is 2.45. The van der Waals surface area contributed by atoms with Gasteiger partial charge in [0.2, 0.25) is 0 Å². The minimum atomic E-state index is -0.776. The van der Waals surface area contributed by atoms with E-state index in [-0.39, 0.29) is 11.3 Å². The smallest absolute Gasteiger partial charge is 0.150 e. The highest BCUT2D eigenvalue weighted by Crippen LogP contribution is 2.29. The Kier molecular flexibility index (Phi) is 3.44. The number of aryl methyl sites for hydroxylation is 1. The van der Waals surface area contributed by atoms with Gasteiger partial charge in [-0.25, -0.2) is 8.78 Å². The van der Waals surface area contributed by atoms with E-state index in [1.807, 2.05) is 12.1 Å².